The second kappa shape index (κ2) is 8.91. The van der Waals surface area contributed by atoms with Crippen molar-refractivity contribution in [1.82, 2.24) is 9.88 Å². The molecule has 0 spiro atoms. The third-order valence-electron chi connectivity index (χ3n) is 4.99. The Morgan fingerprint density at radius 3 is 2.66 bits per heavy atom. The van der Waals surface area contributed by atoms with Gasteiger partial charge in [-0.2, -0.15) is 5.26 Å². The molecule has 2 aromatic carbocycles. The van der Waals surface area contributed by atoms with Gasteiger partial charge in [-0.1, -0.05) is 18.2 Å². The summed E-state index contributed by atoms with van der Waals surface area (Å²) in [6.07, 6.45) is 3.42. The summed E-state index contributed by atoms with van der Waals surface area (Å²) in [6, 6.07) is 16.9. The number of nitriles is 1. The summed E-state index contributed by atoms with van der Waals surface area (Å²) < 4.78 is 11.8. The number of pyridine rings is 1. The number of aliphatic hydroxyl groups is 1. The fourth-order valence-corrected chi connectivity index (χ4v) is 3.56. The van der Waals surface area contributed by atoms with Gasteiger partial charge in [-0.25, -0.2) is 0 Å². The third kappa shape index (κ3) is 4.65. The van der Waals surface area contributed by atoms with E-state index in [-0.39, 0.29) is 6.61 Å². The zero-order valence-corrected chi connectivity index (χ0v) is 16.1. The lowest BCUT2D eigenvalue weighted by Crippen LogP contribution is -2.33. The normalized spacial score (nSPS) is 15.2. The SMILES string of the molecule is N#Cc1cc2c(Oc3ccccc3)ccnc2cc1OC[C@H](O)CN1CCCC1. The zero-order chi connectivity index (χ0) is 20.1. The molecule has 6 nitrogen and oxygen atoms in total. The molecule has 2 heterocycles. The van der Waals surface area contributed by atoms with E-state index < -0.39 is 6.10 Å². The van der Waals surface area contributed by atoms with Gasteiger partial charge in [0, 0.05) is 24.2 Å². The predicted octanol–water partition coefficient (Wildman–Crippen LogP) is 3.73. The first-order chi connectivity index (χ1) is 14.2. The van der Waals surface area contributed by atoms with Gasteiger partial charge in [-0.05, 0) is 50.2 Å². The number of ether oxygens (including phenoxy) is 2. The molecule has 1 aliphatic rings. The summed E-state index contributed by atoms with van der Waals surface area (Å²) in [5, 5.41) is 20.6. The highest BCUT2D eigenvalue weighted by molar-refractivity contribution is 5.88. The van der Waals surface area contributed by atoms with Crippen molar-refractivity contribution in [3.63, 3.8) is 0 Å². The summed E-state index contributed by atoms with van der Waals surface area (Å²) in [7, 11) is 0. The highest BCUT2D eigenvalue weighted by Crippen LogP contribution is 2.33. The van der Waals surface area contributed by atoms with Gasteiger partial charge in [0.05, 0.1) is 11.1 Å². The lowest BCUT2D eigenvalue weighted by Gasteiger charge is -2.20. The summed E-state index contributed by atoms with van der Waals surface area (Å²) >= 11 is 0. The van der Waals surface area contributed by atoms with Crippen molar-refractivity contribution in [1.29, 1.82) is 5.26 Å². The Morgan fingerprint density at radius 1 is 1.10 bits per heavy atom. The molecule has 0 unspecified atom stereocenters. The number of likely N-dealkylation sites (tertiary alicyclic amines) is 1. The quantitative estimate of drug-likeness (QED) is 0.663. The van der Waals surface area contributed by atoms with Crippen LogP contribution in [0, 0.1) is 11.3 Å². The summed E-state index contributed by atoms with van der Waals surface area (Å²) in [5.41, 5.74) is 1.05. The minimum absolute atomic E-state index is 0.136. The summed E-state index contributed by atoms with van der Waals surface area (Å²) in [5.74, 6) is 1.76. The molecule has 1 atom stereocenters. The fraction of sp³-hybridized carbons (Fsp3) is 0.304. The van der Waals surface area contributed by atoms with Crippen LogP contribution in [-0.4, -0.2) is 47.3 Å². The molecule has 1 aromatic heterocycles. The van der Waals surface area contributed by atoms with E-state index in [4.69, 9.17) is 9.47 Å². The molecule has 0 saturated carbocycles. The van der Waals surface area contributed by atoms with Gasteiger partial charge in [0.2, 0.25) is 0 Å². The van der Waals surface area contributed by atoms with Gasteiger partial charge in [-0.3, -0.25) is 4.98 Å². The van der Waals surface area contributed by atoms with E-state index in [1.54, 1.807) is 24.4 Å². The number of fused-ring (bicyclic) bond motifs is 1. The van der Waals surface area contributed by atoms with E-state index in [0.29, 0.717) is 34.9 Å². The molecule has 1 saturated heterocycles. The molecular weight excluding hydrogens is 366 g/mol. The molecule has 0 bridgehead atoms. The molecule has 1 N–H and O–H groups in total. The van der Waals surface area contributed by atoms with Crippen LogP contribution in [0.2, 0.25) is 0 Å². The molecular formula is C23H23N3O3. The van der Waals surface area contributed by atoms with Crippen LogP contribution in [0.5, 0.6) is 17.2 Å². The molecule has 6 heteroatoms. The largest absolute Gasteiger partial charge is 0.489 e. The third-order valence-corrected chi connectivity index (χ3v) is 4.99. The van der Waals surface area contributed by atoms with Crippen molar-refractivity contribution in [2.24, 2.45) is 0 Å². The maximum atomic E-state index is 10.3. The second-order valence-corrected chi connectivity index (χ2v) is 7.17. The van der Waals surface area contributed by atoms with Gasteiger partial charge < -0.3 is 19.5 Å². The first-order valence-corrected chi connectivity index (χ1v) is 9.82. The van der Waals surface area contributed by atoms with Crippen LogP contribution in [-0.2, 0) is 0 Å². The van der Waals surface area contributed by atoms with Gasteiger partial charge in [0.15, 0.2) is 0 Å². The minimum Gasteiger partial charge on any atom is -0.489 e. The van der Waals surface area contributed by atoms with Crippen LogP contribution in [0.25, 0.3) is 10.9 Å². The number of aliphatic hydroxyl groups excluding tert-OH is 1. The maximum absolute atomic E-state index is 10.3. The minimum atomic E-state index is -0.601. The van der Waals surface area contributed by atoms with Crippen LogP contribution >= 0.6 is 0 Å². The van der Waals surface area contributed by atoms with Gasteiger partial charge >= 0.3 is 0 Å². The first kappa shape index (κ1) is 19.2. The number of nitrogens with zero attached hydrogens (tertiary/aromatic N) is 3. The number of aromatic nitrogens is 1. The number of hydrogen-bond donors (Lipinski definition) is 1. The Labute approximate surface area is 169 Å². The van der Waals surface area contributed by atoms with E-state index in [1.165, 1.54) is 12.8 Å². The smallest absolute Gasteiger partial charge is 0.139 e. The highest BCUT2D eigenvalue weighted by atomic mass is 16.5. The molecule has 4 rings (SSSR count). The van der Waals surface area contributed by atoms with Crippen molar-refractivity contribution in [3.8, 4) is 23.3 Å². The van der Waals surface area contributed by atoms with Crippen LogP contribution in [0.4, 0.5) is 0 Å². The van der Waals surface area contributed by atoms with Crippen LogP contribution in [0.3, 0.4) is 0 Å². The Morgan fingerprint density at radius 2 is 1.90 bits per heavy atom. The number of rotatable bonds is 7. The molecule has 0 aliphatic carbocycles. The van der Waals surface area contributed by atoms with Crippen molar-refractivity contribution in [2.75, 3.05) is 26.2 Å². The van der Waals surface area contributed by atoms with E-state index in [0.717, 1.165) is 18.5 Å². The Bertz CT molecular complexity index is 1010. The summed E-state index contributed by atoms with van der Waals surface area (Å²) in [4.78, 5) is 6.62. The molecule has 1 aliphatic heterocycles. The van der Waals surface area contributed by atoms with Gasteiger partial charge in [0.25, 0.3) is 0 Å². The average Bonchev–Trinajstić information content (AvgIpc) is 3.25. The number of para-hydroxylation sites is 1. The monoisotopic (exact) mass is 389 g/mol. The van der Waals surface area contributed by atoms with Crippen molar-refractivity contribution in [2.45, 2.75) is 18.9 Å². The van der Waals surface area contributed by atoms with Crippen LogP contribution < -0.4 is 9.47 Å². The van der Waals surface area contributed by atoms with Crippen molar-refractivity contribution < 1.29 is 14.6 Å². The van der Waals surface area contributed by atoms with Gasteiger partial charge in [0.1, 0.15) is 36.0 Å². The second-order valence-electron chi connectivity index (χ2n) is 7.17. The number of benzene rings is 2. The van der Waals surface area contributed by atoms with Gasteiger partial charge in [-0.15, -0.1) is 0 Å². The fourth-order valence-electron chi connectivity index (χ4n) is 3.56. The molecule has 29 heavy (non-hydrogen) atoms. The Balaban J connectivity index is 1.53. The molecule has 3 aromatic rings. The lowest BCUT2D eigenvalue weighted by atomic mass is 10.1. The van der Waals surface area contributed by atoms with E-state index in [9.17, 15) is 10.4 Å². The van der Waals surface area contributed by atoms with E-state index in [2.05, 4.69) is 16.0 Å². The Hall–Kier alpha value is -3.14. The first-order valence-electron chi connectivity index (χ1n) is 9.82. The molecule has 0 amide bonds. The molecule has 1 fully saturated rings. The highest BCUT2D eigenvalue weighted by Gasteiger charge is 2.17. The van der Waals surface area contributed by atoms with Crippen molar-refractivity contribution >= 4 is 10.9 Å². The lowest BCUT2D eigenvalue weighted by molar-refractivity contribution is 0.0758. The number of β-amino-alcohol motifs (C(OH)–C–C–N with tert-alkyl or cyclic N) is 1. The Kier molecular flexibility index (Phi) is 5.89. The molecule has 148 valence electrons. The van der Waals surface area contributed by atoms with Crippen LogP contribution in [0.15, 0.2) is 54.7 Å². The summed E-state index contributed by atoms with van der Waals surface area (Å²) in [6.45, 7) is 2.76. The number of hydrogen-bond acceptors (Lipinski definition) is 6. The van der Waals surface area contributed by atoms with E-state index in [1.807, 2.05) is 30.3 Å². The predicted molar refractivity (Wildman–Crippen MR) is 110 cm³/mol. The zero-order valence-electron chi connectivity index (χ0n) is 16.1. The maximum Gasteiger partial charge on any atom is 0.139 e. The van der Waals surface area contributed by atoms with Crippen LogP contribution in [0.1, 0.15) is 18.4 Å². The van der Waals surface area contributed by atoms with Crippen molar-refractivity contribution in [3.05, 3.63) is 60.3 Å². The molecule has 0 radical (unpaired) electrons. The topological polar surface area (TPSA) is 78.6 Å². The van der Waals surface area contributed by atoms with E-state index >= 15 is 0 Å². The standard InChI is InChI=1S/C23H23N3O3/c24-14-17-12-20-21(25-9-8-22(20)29-19-6-2-1-3-7-19)13-23(17)28-16-18(27)15-26-10-4-5-11-26/h1-3,6-9,12-13,18,27H,4-5,10-11,15-16H2/t18-/m1/s1. The average molecular weight is 389 g/mol.